The van der Waals surface area contributed by atoms with Gasteiger partial charge in [-0.05, 0) is 59.9 Å². The molecule has 5 nitrogen and oxygen atoms in total. The van der Waals surface area contributed by atoms with Crippen molar-refractivity contribution < 1.29 is 14.0 Å². The first-order chi connectivity index (χ1) is 17.1. The molecule has 0 bridgehead atoms. The number of urea groups is 1. The largest absolute Gasteiger partial charge is 0.357 e. The van der Waals surface area contributed by atoms with Crippen molar-refractivity contribution in [3.8, 4) is 0 Å². The lowest BCUT2D eigenvalue weighted by Crippen LogP contribution is -2.41. The van der Waals surface area contributed by atoms with Crippen molar-refractivity contribution in [2.24, 2.45) is 5.41 Å². The lowest BCUT2D eigenvalue weighted by Gasteiger charge is -2.37. The van der Waals surface area contributed by atoms with Crippen LogP contribution in [0.25, 0.3) is 0 Å². The van der Waals surface area contributed by atoms with E-state index in [-0.39, 0.29) is 11.2 Å². The molecule has 0 saturated heterocycles. The Bertz CT molecular complexity index is 1400. The maximum atomic E-state index is 13.9. The minimum atomic E-state index is -0.775. The molecule has 0 spiro atoms. The van der Waals surface area contributed by atoms with E-state index >= 15 is 0 Å². The smallest absolute Gasteiger partial charge is 0.327 e. The van der Waals surface area contributed by atoms with Crippen molar-refractivity contribution in [1.82, 2.24) is 0 Å². The van der Waals surface area contributed by atoms with Gasteiger partial charge >= 0.3 is 6.03 Å². The molecule has 36 heavy (non-hydrogen) atoms. The second kappa shape index (κ2) is 9.26. The second-order valence-corrected chi connectivity index (χ2v) is 10.7. The van der Waals surface area contributed by atoms with Gasteiger partial charge in [-0.25, -0.2) is 9.18 Å². The van der Waals surface area contributed by atoms with E-state index in [1.807, 2.05) is 24.3 Å². The molecule has 2 amide bonds. The summed E-state index contributed by atoms with van der Waals surface area (Å²) in [6, 6.07) is 16.9. The van der Waals surface area contributed by atoms with Gasteiger partial charge in [0.15, 0.2) is 5.78 Å². The molecule has 1 aliphatic carbocycles. The van der Waals surface area contributed by atoms with E-state index < -0.39 is 17.9 Å². The van der Waals surface area contributed by atoms with Gasteiger partial charge in [-0.3, -0.25) is 9.69 Å². The van der Waals surface area contributed by atoms with E-state index in [2.05, 4.69) is 24.5 Å². The Morgan fingerprint density at radius 1 is 1.03 bits per heavy atom. The summed E-state index contributed by atoms with van der Waals surface area (Å²) in [5.41, 5.74) is 3.38. The molecule has 1 atom stereocenters. The molecule has 2 N–H and O–H groups in total. The fourth-order valence-electron chi connectivity index (χ4n) is 4.93. The number of rotatable bonds is 2. The number of Topliss-reactive ketones (excluding diaryl/α,β-unsaturated/α-hetero) is 1. The summed E-state index contributed by atoms with van der Waals surface area (Å²) in [4.78, 5) is 29.1. The molecule has 1 unspecified atom stereocenters. The summed E-state index contributed by atoms with van der Waals surface area (Å²) in [6.45, 7) is 4.10. The summed E-state index contributed by atoms with van der Waals surface area (Å²) in [5.74, 6) is -0.453. The number of benzene rings is 3. The predicted octanol–water partition coefficient (Wildman–Crippen LogP) is 7.98. The van der Waals surface area contributed by atoms with Crippen LogP contribution < -0.4 is 15.5 Å². The molecule has 2 aliphatic rings. The highest BCUT2D eigenvalue weighted by molar-refractivity contribution is 6.42. The van der Waals surface area contributed by atoms with Crippen molar-refractivity contribution in [1.29, 1.82) is 0 Å². The summed E-state index contributed by atoms with van der Waals surface area (Å²) in [6.07, 6.45) is 0.964. The molecule has 3 aromatic carbocycles. The molecule has 0 fully saturated rings. The molecule has 0 radical (unpaired) electrons. The maximum Gasteiger partial charge on any atom is 0.327 e. The van der Waals surface area contributed by atoms with Crippen LogP contribution in [0.1, 0.15) is 38.3 Å². The average molecular weight is 524 g/mol. The molecule has 184 valence electrons. The minimum Gasteiger partial charge on any atom is -0.357 e. The Labute approximate surface area is 218 Å². The zero-order valence-corrected chi connectivity index (χ0v) is 21.3. The zero-order chi connectivity index (χ0) is 25.6. The lowest BCUT2D eigenvalue weighted by atomic mass is 9.73. The number of amides is 2. The van der Waals surface area contributed by atoms with E-state index in [0.717, 1.165) is 5.70 Å². The van der Waals surface area contributed by atoms with Gasteiger partial charge in [0.2, 0.25) is 0 Å². The zero-order valence-electron chi connectivity index (χ0n) is 19.7. The van der Waals surface area contributed by atoms with Gasteiger partial charge in [0.1, 0.15) is 5.82 Å². The van der Waals surface area contributed by atoms with E-state index in [0.29, 0.717) is 51.1 Å². The Hall–Kier alpha value is -3.35. The van der Waals surface area contributed by atoms with Crippen molar-refractivity contribution in [2.45, 2.75) is 32.7 Å². The highest BCUT2D eigenvalue weighted by atomic mass is 35.5. The van der Waals surface area contributed by atoms with Gasteiger partial charge in [0, 0.05) is 23.4 Å². The number of carbonyl (C=O) groups excluding carboxylic acids is 2. The molecule has 0 aromatic heterocycles. The van der Waals surface area contributed by atoms with Crippen LogP contribution in [0.15, 0.2) is 78.0 Å². The van der Waals surface area contributed by atoms with Gasteiger partial charge < -0.3 is 10.6 Å². The number of hydrogen-bond acceptors (Lipinski definition) is 3. The normalized spacial score (nSPS) is 18.6. The van der Waals surface area contributed by atoms with Crippen LogP contribution in [-0.2, 0) is 4.79 Å². The number of carbonyl (C=O) groups is 2. The predicted molar refractivity (Wildman–Crippen MR) is 142 cm³/mol. The minimum absolute atomic E-state index is 0.0526. The standard InChI is InChI=1S/C28H24Cl2FN3O2/c1-28(2)14-22-25(24(35)15-28)26(16-7-9-17(31)10-8-16)34(23-6-4-3-5-21(23)33-22)27(36)32-18-11-12-19(29)20(30)13-18/h3-13,26,33H,14-15H2,1-2H3,(H,32,36). The van der Waals surface area contributed by atoms with Gasteiger partial charge in [0.25, 0.3) is 0 Å². The molecular weight excluding hydrogens is 500 g/mol. The van der Waals surface area contributed by atoms with Crippen LogP contribution in [0.4, 0.5) is 26.2 Å². The number of nitrogens with zero attached hydrogens (tertiary/aromatic N) is 1. The number of ketones is 1. The number of para-hydroxylation sites is 2. The highest BCUT2D eigenvalue weighted by Gasteiger charge is 2.43. The van der Waals surface area contributed by atoms with Crippen LogP contribution in [0, 0.1) is 11.2 Å². The number of halogens is 3. The highest BCUT2D eigenvalue weighted by Crippen LogP contribution is 2.48. The summed E-state index contributed by atoms with van der Waals surface area (Å²) in [5, 5.41) is 7.01. The SMILES string of the molecule is CC1(C)CC(=O)C2=C(C1)Nc1ccccc1N(C(=O)Nc1ccc(Cl)c(Cl)c1)C2c1ccc(F)cc1. The Balaban J connectivity index is 1.70. The van der Waals surface area contributed by atoms with Gasteiger partial charge in [-0.15, -0.1) is 0 Å². The Kier molecular flexibility index (Phi) is 6.27. The van der Waals surface area contributed by atoms with Crippen LogP contribution in [0.3, 0.4) is 0 Å². The Morgan fingerprint density at radius 3 is 2.47 bits per heavy atom. The first-order valence-electron chi connectivity index (χ1n) is 11.6. The van der Waals surface area contributed by atoms with Crippen molar-refractivity contribution in [2.75, 3.05) is 15.5 Å². The van der Waals surface area contributed by atoms with E-state index in [1.54, 1.807) is 35.2 Å². The van der Waals surface area contributed by atoms with Crippen LogP contribution >= 0.6 is 23.2 Å². The molecule has 3 aromatic rings. The first kappa shape index (κ1) is 24.3. The second-order valence-electron chi connectivity index (χ2n) is 9.86. The third kappa shape index (κ3) is 4.59. The molecular formula is C28H24Cl2FN3O2. The van der Waals surface area contributed by atoms with E-state index in [1.165, 1.54) is 12.1 Å². The van der Waals surface area contributed by atoms with Crippen LogP contribution in [-0.4, -0.2) is 11.8 Å². The monoisotopic (exact) mass is 523 g/mol. The first-order valence-corrected chi connectivity index (χ1v) is 12.3. The third-order valence-electron chi connectivity index (χ3n) is 6.48. The summed E-state index contributed by atoms with van der Waals surface area (Å²) >= 11 is 12.2. The number of hydrogen-bond donors (Lipinski definition) is 2. The Morgan fingerprint density at radius 2 is 1.75 bits per heavy atom. The topological polar surface area (TPSA) is 61.4 Å². The number of fused-ring (bicyclic) bond motifs is 1. The lowest BCUT2D eigenvalue weighted by molar-refractivity contribution is -0.118. The summed E-state index contributed by atoms with van der Waals surface area (Å²) < 4.78 is 13.9. The number of allylic oxidation sites excluding steroid dienone is 1. The van der Waals surface area contributed by atoms with Gasteiger partial charge in [-0.2, -0.15) is 0 Å². The van der Waals surface area contributed by atoms with Crippen molar-refractivity contribution in [3.63, 3.8) is 0 Å². The third-order valence-corrected chi connectivity index (χ3v) is 7.22. The molecule has 5 rings (SSSR count). The van der Waals surface area contributed by atoms with Crippen molar-refractivity contribution in [3.05, 3.63) is 99.4 Å². The maximum absolute atomic E-state index is 13.9. The molecule has 1 aliphatic heterocycles. The molecule has 1 heterocycles. The van der Waals surface area contributed by atoms with E-state index in [4.69, 9.17) is 23.2 Å². The average Bonchev–Trinajstić information content (AvgIpc) is 2.95. The van der Waals surface area contributed by atoms with E-state index in [9.17, 15) is 14.0 Å². The molecule has 8 heteroatoms. The number of nitrogens with one attached hydrogen (secondary N) is 2. The fourth-order valence-corrected chi connectivity index (χ4v) is 5.23. The van der Waals surface area contributed by atoms with Crippen LogP contribution in [0.5, 0.6) is 0 Å². The number of anilines is 3. The van der Waals surface area contributed by atoms with Gasteiger partial charge in [0.05, 0.1) is 27.5 Å². The van der Waals surface area contributed by atoms with Crippen molar-refractivity contribution >= 4 is 52.1 Å². The quantitative estimate of drug-likeness (QED) is 0.357. The fraction of sp³-hybridized carbons (Fsp3) is 0.214. The van der Waals surface area contributed by atoms with Crippen LogP contribution in [0.2, 0.25) is 10.0 Å². The summed E-state index contributed by atoms with van der Waals surface area (Å²) in [7, 11) is 0. The van der Waals surface area contributed by atoms with Gasteiger partial charge in [-0.1, -0.05) is 61.3 Å². The molecule has 0 saturated carbocycles.